The number of nitrogens with zero attached hydrogens (tertiary/aromatic N) is 2. The molecule has 9 nitrogen and oxygen atoms in total. The van der Waals surface area contributed by atoms with Crippen molar-refractivity contribution in [1.29, 1.82) is 0 Å². The third-order valence-corrected chi connectivity index (χ3v) is 8.09. The molecular weight excluding hydrogens is 460 g/mol. The fraction of sp³-hybridized carbons (Fsp3) is 0.211. The van der Waals surface area contributed by atoms with Crippen LogP contribution < -0.4 is 11.1 Å². The Morgan fingerprint density at radius 3 is 2.68 bits per heavy atom. The van der Waals surface area contributed by atoms with Gasteiger partial charge in [-0.1, -0.05) is 42.1 Å². The van der Waals surface area contributed by atoms with Crippen LogP contribution in [0.25, 0.3) is 0 Å². The first kappa shape index (κ1) is 21.4. The maximum atomic E-state index is 12.7. The average Bonchev–Trinajstić information content (AvgIpc) is 3.21. The van der Waals surface area contributed by atoms with Crippen LogP contribution in [-0.2, 0) is 20.8 Å². The minimum absolute atomic E-state index is 0.104. The van der Waals surface area contributed by atoms with Gasteiger partial charge in [-0.2, -0.15) is 0 Å². The number of amides is 3. The lowest BCUT2D eigenvalue weighted by molar-refractivity contribution is -0.150. The van der Waals surface area contributed by atoms with Crippen molar-refractivity contribution in [3.63, 3.8) is 0 Å². The van der Waals surface area contributed by atoms with E-state index in [2.05, 4.69) is 10.3 Å². The van der Waals surface area contributed by atoms with Gasteiger partial charge in [0.1, 0.15) is 22.8 Å². The van der Waals surface area contributed by atoms with Gasteiger partial charge in [0.15, 0.2) is 4.34 Å². The number of carboxylic acids is 1. The number of hydrogen-bond donors (Lipinski definition) is 3. The number of benzene rings is 1. The van der Waals surface area contributed by atoms with E-state index in [4.69, 9.17) is 5.73 Å². The molecule has 3 heterocycles. The molecule has 12 heteroatoms. The molecule has 31 heavy (non-hydrogen) atoms. The van der Waals surface area contributed by atoms with Gasteiger partial charge >= 0.3 is 5.97 Å². The topological polar surface area (TPSA) is 143 Å². The van der Waals surface area contributed by atoms with Gasteiger partial charge in [-0.05, 0) is 5.56 Å². The average molecular weight is 477 g/mol. The molecule has 0 bridgehead atoms. The molecule has 2 aliphatic rings. The van der Waals surface area contributed by atoms with Crippen LogP contribution >= 0.6 is 34.9 Å². The van der Waals surface area contributed by atoms with Crippen LogP contribution in [0, 0.1) is 0 Å². The van der Waals surface area contributed by atoms with Gasteiger partial charge < -0.3 is 16.2 Å². The number of carbonyl (C=O) groups excluding carboxylic acids is 3. The van der Waals surface area contributed by atoms with E-state index in [1.807, 2.05) is 30.3 Å². The Balaban J connectivity index is 1.48. The summed E-state index contributed by atoms with van der Waals surface area (Å²) >= 11 is 3.63. The van der Waals surface area contributed by atoms with Gasteiger partial charge in [-0.3, -0.25) is 19.3 Å². The second-order valence-electron chi connectivity index (χ2n) is 6.66. The summed E-state index contributed by atoms with van der Waals surface area (Å²) in [5.74, 6) is -2.33. The molecule has 1 fully saturated rings. The van der Waals surface area contributed by atoms with Gasteiger partial charge in [-0.15, -0.1) is 23.1 Å². The first-order valence-electron chi connectivity index (χ1n) is 9.02. The number of β-lactam (4-membered cyclic amide) rings is 1. The number of aromatic nitrogens is 1. The highest BCUT2D eigenvalue weighted by Gasteiger charge is 2.54. The molecule has 0 unspecified atom stereocenters. The molecule has 0 spiro atoms. The van der Waals surface area contributed by atoms with Gasteiger partial charge in [0, 0.05) is 16.0 Å². The maximum absolute atomic E-state index is 12.7. The van der Waals surface area contributed by atoms with E-state index in [0.717, 1.165) is 17.3 Å². The Morgan fingerprint density at radius 1 is 1.29 bits per heavy atom. The molecule has 0 radical (unpaired) electrons. The minimum Gasteiger partial charge on any atom is -0.477 e. The van der Waals surface area contributed by atoms with Crippen molar-refractivity contribution in [2.75, 3.05) is 5.75 Å². The molecule has 4 N–H and O–H groups in total. The largest absolute Gasteiger partial charge is 0.477 e. The quantitative estimate of drug-likeness (QED) is 0.507. The maximum Gasteiger partial charge on any atom is 0.353 e. The SMILES string of the molecule is NC(=O)c1csc(SC2=C(C(=O)O)N3C(=O)[C@@H](NC(=O)Cc4ccccc4)[C@@H]3SC2)n1. The zero-order chi connectivity index (χ0) is 22.1. The predicted molar refractivity (Wildman–Crippen MR) is 116 cm³/mol. The lowest BCUT2D eigenvalue weighted by Gasteiger charge is -2.49. The van der Waals surface area contributed by atoms with Gasteiger partial charge in [0.25, 0.3) is 11.8 Å². The summed E-state index contributed by atoms with van der Waals surface area (Å²) in [7, 11) is 0. The van der Waals surface area contributed by atoms with Crippen LogP contribution in [0.5, 0.6) is 0 Å². The van der Waals surface area contributed by atoms with Crippen LogP contribution in [0.3, 0.4) is 0 Å². The van der Waals surface area contributed by atoms with Gasteiger partial charge in [0.05, 0.1) is 6.42 Å². The van der Waals surface area contributed by atoms with E-state index in [1.54, 1.807) is 0 Å². The zero-order valence-corrected chi connectivity index (χ0v) is 18.3. The Kier molecular flexibility index (Phi) is 6.03. The number of rotatable bonds is 7. The van der Waals surface area contributed by atoms with E-state index >= 15 is 0 Å². The van der Waals surface area contributed by atoms with Crippen molar-refractivity contribution in [3.05, 3.63) is 57.6 Å². The fourth-order valence-electron chi connectivity index (χ4n) is 3.20. The Hall–Kier alpha value is -2.83. The standard InChI is InChI=1S/C19H16N4O5S3/c20-15(25)10-7-30-19(21-10)31-11-8-29-17-13(16(26)23(17)14(11)18(27)28)22-12(24)6-9-4-2-1-3-5-9/h1-5,7,13,17H,6,8H2,(H2,20,25)(H,22,24)(H,27,28)/t13-,17+/m1/s1. The number of nitrogens with two attached hydrogens (primary N) is 1. The third-order valence-electron chi connectivity index (χ3n) is 4.61. The lowest BCUT2D eigenvalue weighted by Crippen LogP contribution is -2.70. The van der Waals surface area contributed by atoms with E-state index < -0.39 is 29.2 Å². The Labute approximate surface area is 189 Å². The number of fused-ring (bicyclic) bond motifs is 1. The second-order valence-corrected chi connectivity index (χ2v) is 9.96. The number of hydrogen-bond acceptors (Lipinski definition) is 8. The summed E-state index contributed by atoms with van der Waals surface area (Å²) in [6.07, 6.45) is 0.136. The highest BCUT2D eigenvalue weighted by Crippen LogP contribution is 2.45. The number of carbonyl (C=O) groups is 4. The number of aliphatic carboxylic acids is 1. The summed E-state index contributed by atoms with van der Waals surface area (Å²) in [5, 5.41) is 13.5. The van der Waals surface area contributed by atoms with Gasteiger partial charge in [0.2, 0.25) is 5.91 Å². The second kappa shape index (κ2) is 8.73. The molecule has 1 aromatic carbocycles. The molecule has 2 aromatic rings. The first-order valence-corrected chi connectivity index (χ1v) is 11.8. The smallest absolute Gasteiger partial charge is 0.353 e. The number of carboxylic acid groups (broad SMARTS) is 1. The number of thiazole rings is 1. The van der Waals surface area contributed by atoms with Crippen molar-refractivity contribution in [2.24, 2.45) is 5.73 Å². The zero-order valence-electron chi connectivity index (χ0n) is 15.8. The van der Waals surface area contributed by atoms with Crippen LogP contribution in [0.15, 0.2) is 50.7 Å². The van der Waals surface area contributed by atoms with Crippen LogP contribution in [0.1, 0.15) is 16.1 Å². The van der Waals surface area contributed by atoms with Crippen LogP contribution in [0.4, 0.5) is 0 Å². The number of primary amides is 1. The van der Waals surface area contributed by atoms with Crippen LogP contribution in [-0.4, -0.2) is 55.8 Å². The first-order chi connectivity index (χ1) is 14.8. The molecule has 2 atom stereocenters. The molecular formula is C19H16N4O5S3. The monoisotopic (exact) mass is 476 g/mol. The summed E-state index contributed by atoms with van der Waals surface area (Å²) in [5.41, 5.74) is 6.01. The summed E-state index contributed by atoms with van der Waals surface area (Å²) < 4.78 is 0.460. The van der Waals surface area contributed by atoms with Gasteiger partial charge in [-0.25, -0.2) is 9.78 Å². The predicted octanol–water partition coefficient (Wildman–Crippen LogP) is 1.27. The molecule has 2 aliphatic heterocycles. The lowest BCUT2D eigenvalue weighted by atomic mass is 10.0. The molecule has 4 rings (SSSR count). The number of thioether (sulfide) groups is 2. The van der Waals surface area contributed by atoms with Crippen LogP contribution in [0.2, 0.25) is 0 Å². The molecule has 160 valence electrons. The summed E-state index contributed by atoms with van der Waals surface area (Å²) in [6.45, 7) is 0. The minimum atomic E-state index is -1.23. The third kappa shape index (κ3) is 4.31. The highest BCUT2D eigenvalue weighted by atomic mass is 32.2. The van der Waals surface area contributed by atoms with E-state index in [-0.39, 0.29) is 23.7 Å². The summed E-state index contributed by atoms with van der Waals surface area (Å²) in [6, 6.07) is 8.37. The fourth-order valence-corrected chi connectivity index (χ4v) is 6.64. The van der Waals surface area contributed by atoms with E-state index in [9.17, 15) is 24.3 Å². The van der Waals surface area contributed by atoms with Crippen molar-refractivity contribution in [3.8, 4) is 0 Å². The Bertz CT molecular complexity index is 1100. The normalized spacial score (nSPS) is 20.1. The van der Waals surface area contributed by atoms with Crippen molar-refractivity contribution < 1.29 is 24.3 Å². The van der Waals surface area contributed by atoms with Crippen molar-refractivity contribution in [2.45, 2.75) is 22.2 Å². The molecule has 1 aromatic heterocycles. The molecule has 3 amide bonds. The van der Waals surface area contributed by atoms with Crippen molar-refractivity contribution in [1.82, 2.24) is 15.2 Å². The molecule has 0 aliphatic carbocycles. The number of nitrogens with one attached hydrogen (secondary N) is 1. The highest BCUT2D eigenvalue weighted by molar-refractivity contribution is 8.07. The van der Waals surface area contributed by atoms with E-state index in [0.29, 0.717) is 15.0 Å². The summed E-state index contributed by atoms with van der Waals surface area (Å²) in [4.78, 5) is 53.9. The van der Waals surface area contributed by atoms with Crippen molar-refractivity contribution >= 4 is 58.6 Å². The molecule has 0 saturated carbocycles. The molecule has 1 saturated heterocycles. The van der Waals surface area contributed by atoms with E-state index in [1.165, 1.54) is 33.4 Å². The Morgan fingerprint density at radius 2 is 2.03 bits per heavy atom.